The Hall–Kier alpha value is -1.53. The Morgan fingerprint density at radius 3 is 2.52 bits per heavy atom. The van der Waals surface area contributed by atoms with E-state index in [-0.39, 0.29) is 6.10 Å². The van der Waals surface area contributed by atoms with Gasteiger partial charge < -0.3 is 19.7 Å². The van der Waals surface area contributed by atoms with Gasteiger partial charge in [-0.15, -0.1) is 0 Å². The summed E-state index contributed by atoms with van der Waals surface area (Å²) in [4.78, 5) is 2.06. The van der Waals surface area contributed by atoms with Gasteiger partial charge >= 0.3 is 0 Å². The van der Waals surface area contributed by atoms with Crippen LogP contribution in [0.15, 0.2) is 42.5 Å². The van der Waals surface area contributed by atoms with Gasteiger partial charge in [0.15, 0.2) is 5.11 Å². The van der Waals surface area contributed by atoms with Crippen LogP contribution in [-0.4, -0.2) is 36.4 Å². The van der Waals surface area contributed by atoms with Crippen LogP contribution in [0.5, 0.6) is 5.75 Å². The molecule has 4 nitrogen and oxygen atoms in total. The number of hydrogen-bond acceptors (Lipinski definition) is 3. The monoisotopic (exact) mass is 424 g/mol. The second kappa shape index (κ2) is 9.60. The summed E-state index contributed by atoms with van der Waals surface area (Å²) in [5.74, 6) is 0.797. The number of hydrogen-bond donors (Lipinski definition) is 1. The second-order valence-electron chi connectivity index (χ2n) is 6.37. The maximum absolute atomic E-state index is 6.37. The van der Waals surface area contributed by atoms with E-state index in [4.69, 9.17) is 44.9 Å². The van der Waals surface area contributed by atoms with E-state index < -0.39 is 0 Å². The topological polar surface area (TPSA) is 33.7 Å². The van der Waals surface area contributed by atoms with Crippen molar-refractivity contribution in [2.75, 3.05) is 25.6 Å². The van der Waals surface area contributed by atoms with Gasteiger partial charge in [-0.2, -0.15) is 0 Å². The normalized spacial score (nSPS) is 16.2. The highest BCUT2D eigenvalue weighted by molar-refractivity contribution is 7.80. The highest BCUT2D eigenvalue weighted by Gasteiger charge is 2.22. The molecule has 27 heavy (non-hydrogen) atoms. The number of thiocarbonyl (C=S) groups is 1. The first-order valence-corrected chi connectivity index (χ1v) is 9.97. The number of benzene rings is 2. The van der Waals surface area contributed by atoms with Gasteiger partial charge in [0, 0.05) is 41.0 Å². The van der Waals surface area contributed by atoms with Gasteiger partial charge in [-0.1, -0.05) is 29.3 Å². The minimum atomic E-state index is 0.155. The largest absolute Gasteiger partial charge is 0.497 e. The molecule has 1 saturated heterocycles. The minimum absolute atomic E-state index is 0.155. The van der Waals surface area contributed by atoms with E-state index in [1.54, 1.807) is 7.11 Å². The molecule has 1 atom stereocenters. The predicted molar refractivity (Wildman–Crippen MR) is 115 cm³/mol. The van der Waals surface area contributed by atoms with Gasteiger partial charge in [0.05, 0.1) is 13.2 Å². The Labute approximate surface area is 175 Å². The van der Waals surface area contributed by atoms with Crippen LogP contribution in [-0.2, 0) is 11.3 Å². The Morgan fingerprint density at radius 1 is 1.22 bits per heavy atom. The first kappa shape index (κ1) is 20.2. The summed E-state index contributed by atoms with van der Waals surface area (Å²) >= 11 is 18.4. The van der Waals surface area contributed by atoms with Gasteiger partial charge in [-0.05, 0) is 61.5 Å². The van der Waals surface area contributed by atoms with E-state index in [1.165, 1.54) is 0 Å². The van der Waals surface area contributed by atoms with Gasteiger partial charge in [0.1, 0.15) is 5.75 Å². The maximum atomic E-state index is 6.37. The van der Waals surface area contributed by atoms with Crippen LogP contribution in [0.4, 0.5) is 5.69 Å². The van der Waals surface area contributed by atoms with Crippen molar-refractivity contribution in [3.63, 3.8) is 0 Å². The zero-order chi connectivity index (χ0) is 19.2. The molecular formula is C20H22Cl2N2O2S. The van der Waals surface area contributed by atoms with Crippen LogP contribution in [0.3, 0.4) is 0 Å². The fourth-order valence-electron chi connectivity index (χ4n) is 3.00. The quantitative estimate of drug-likeness (QED) is 0.629. The van der Waals surface area contributed by atoms with Crippen molar-refractivity contribution in [1.29, 1.82) is 0 Å². The van der Waals surface area contributed by atoms with Crippen molar-refractivity contribution in [1.82, 2.24) is 4.90 Å². The Balaban J connectivity index is 1.76. The summed E-state index contributed by atoms with van der Waals surface area (Å²) in [7, 11) is 1.64. The molecule has 1 aliphatic heterocycles. The van der Waals surface area contributed by atoms with Crippen LogP contribution in [0, 0.1) is 0 Å². The lowest BCUT2D eigenvalue weighted by Gasteiger charge is -2.29. The lowest BCUT2D eigenvalue weighted by molar-refractivity contribution is 0.0905. The fourth-order valence-corrected chi connectivity index (χ4v) is 3.78. The van der Waals surface area contributed by atoms with Crippen LogP contribution < -0.4 is 10.1 Å². The standard InChI is InChI=1S/C20H22Cl2N2O2S/c1-25-15-9-7-14(8-10-15)23-20(27)24(12-16-4-3-11-26-16)13-17-18(21)5-2-6-19(17)22/h2,5-10,16H,3-4,11-13H2,1H3,(H,23,27). The smallest absolute Gasteiger partial charge is 0.173 e. The second-order valence-corrected chi connectivity index (χ2v) is 7.58. The van der Waals surface area contributed by atoms with Crippen molar-refractivity contribution in [3.05, 3.63) is 58.1 Å². The predicted octanol–water partition coefficient (Wildman–Crippen LogP) is 5.38. The van der Waals surface area contributed by atoms with Crippen LogP contribution in [0.25, 0.3) is 0 Å². The third-order valence-electron chi connectivity index (χ3n) is 4.49. The van der Waals surface area contributed by atoms with Crippen LogP contribution in [0.2, 0.25) is 10.0 Å². The third-order valence-corrected chi connectivity index (χ3v) is 5.56. The molecule has 7 heteroatoms. The molecule has 1 N–H and O–H groups in total. The summed E-state index contributed by atoms with van der Waals surface area (Å²) in [5.41, 5.74) is 1.75. The Morgan fingerprint density at radius 2 is 1.93 bits per heavy atom. The van der Waals surface area contributed by atoms with Crippen molar-refractivity contribution in [2.24, 2.45) is 0 Å². The van der Waals surface area contributed by atoms with E-state index in [2.05, 4.69) is 10.2 Å². The number of nitrogens with one attached hydrogen (secondary N) is 1. The van der Waals surface area contributed by atoms with Gasteiger partial charge in [0.25, 0.3) is 0 Å². The fraction of sp³-hybridized carbons (Fsp3) is 0.350. The molecule has 2 aromatic carbocycles. The van der Waals surface area contributed by atoms with Crippen LogP contribution in [0.1, 0.15) is 18.4 Å². The molecule has 1 fully saturated rings. The molecule has 0 amide bonds. The molecule has 0 aromatic heterocycles. The highest BCUT2D eigenvalue weighted by atomic mass is 35.5. The first-order valence-electron chi connectivity index (χ1n) is 8.81. The van der Waals surface area contributed by atoms with Gasteiger partial charge in [-0.25, -0.2) is 0 Å². The van der Waals surface area contributed by atoms with Crippen molar-refractivity contribution < 1.29 is 9.47 Å². The Kier molecular flexibility index (Phi) is 7.19. The molecule has 1 unspecified atom stereocenters. The number of rotatable bonds is 6. The summed E-state index contributed by atoms with van der Waals surface area (Å²) in [6.07, 6.45) is 2.25. The van der Waals surface area contributed by atoms with E-state index >= 15 is 0 Å². The van der Waals surface area contributed by atoms with Gasteiger partial charge in [0.2, 0.25) is 0 Å². The summed E-state index contributed by atoms with van der Waals surface area (Å²) in [6, 6.07) is 13.2. The lowest BCUT2D eigenvalue weighted by atomic mass is 10.2. The van der Waals surface area contributed by atoms with E-state index in [0.717, 1.165) is 36.4 Å². The lowest BCUT2D eigenvalue weighted by Crippen LogP contribution is -2.39. The molecule has 2 aromatic rings. The SMILES string of the molecule is COc1ccc(NC(=S)N(Cc2c(Cl)cccc2Cl)CC2CCCO2)cc1. The van der Waals surface area contributed by atoms with Crippen LogP contribution >= 0.6 is 35.4 Å². The van der Waals surface area contributed by atoms with Crippen molar-refractivity contribution >= 4 is 46.2 Å². The van der Waals surface area contributed by atoms with E-state index in [0.29, 0.717) is 28.2 Å². The molecule has 1 heterocycles. The average molecular weight is 425 g/mol. The molecule has 0 saturated carbocycles. The van der Waals surface area contributed by atoms with Gasteiger partial charge in [-0.3, -0.25) is 0 Å². The molecule has 0 spiro atoms. The van der Waals surface area contributed by atoms with E-state index in [9.17, 15) is 0 Å². The molecule has 144 valence electrons. The average Bonchev–Trinajstić information content (AvgIpc) is 3.17. The number of nitrogens with zero attached hydrogens (tertiary/aromatic N) is 1. The number of halogens is 2. The summed E-state index contributed by atoms with van der Waals surface area (Å²) in [6.45, 7) is 1.99. The summed E-state index contributed by atoms with van der Waals surface area (Å²) in [5, 5.41) is 5.15. The minimum Gasteiger partial charge on any atom is -0.497 e. The van der Waals surface area contributed by atoms with Crippen molar-refractivity contribution in [2.45, 2.75) is 25.5 Å². The van der Waals surface area contributed by atoms with Crippen molar-refractivity contribution in [3.8, 4) is 5.75 Å². The molecule has 0 bridgehead atoms. The number of methoxy groups -OCH3 is 1. The third kappa shape index (κ3) is 5.48. The van der Waals surface area contributed by atoms with E-state index in [1.807, 2.05) is 42.5 Å². The number of anilines is 1. The molecule has 3 rings (SSSR count). The Bertz CT molecular complexity index is 760. The molecule has 1 aliphatic rings. The molecular weight excluding hydrogens is 403 g/mol. The zero-order valence-electron chi connectivity index (χ0n) is 15.1. The molecule has 0 aliphatic carbocycles. The summed E-state index contributed by atoms with van der Waals surface area (Å²) < 4.78 is 11.0. The zero-order valence-corrected chi connectivity index (χ0v) is 17.4. The number of ether oxygens (including phenoxy) is 2. The maximum Gasteiger partial charge on any atom is 0.173 e. The first-order chi connectivity index (χ1) is 13.1. The molecule has 0 radical (unpaired) electrons. The highest BCUT2D eigenvalue weighted by Crippen LogP contribution is 2.27.